The standard InChI is InChI=1S/C25H30FN5O/c1-17(2)18-8-10-20(11-9-18)24(19-6-4-3-5-7-19)28-25(32)23-14-21(26)16-31(23)13-12-22-15-27-30-29-22/h3-11,15,17,21,23-24H,12-14,16H2,1-2H3,(H,28,32)(H,27,29,30)/t21-,23+,24+/m1/s1. The number of nitrogens with one attached hydrogen (secondary N) is 2. The number of hydrogen-bond donors (Lipinski definition) is 2. The first-order valence-electron chi connectivity index (χ1n) is 11.2. The fraction of sp³-hybridized carbons (Fsp3) is 0.400. The van der Waals surface area contributed by atoms with E-state index >= 15 is 0 Å². The first-order valence-corrected chi connectivity index (χ1v) is 11.2. The highest BCUT2D eigenvalue weighted by Gasteiger charge is 2.37. The van der Waals surface area contributed by atoms with Gasteiger partial charge in [-0.3, -0.25) is 14.8 Å². The van der Waals surface area contributed by atoms with Gasteiger partial charge in [0.1, 0.15) is 6.17 Å². The van der Waals surface area contributed by atoms with Crippen LogP contribution in [0.2, 0.25) is 0 Å². The van der Waals surface area contributed by atoms with Gasteiger partial charge < -0.3 is 5.32 Å². The molecule has 1 amide bonds. The number of hydrogen-bond acceptors (Lipinski definition) is 4. The number of aromatic amines is 1. The lowest BCUT2D eigenvalue weighted by atomic mass is 9.95. The summed E-state index contributed by atoms with van der Waals surface area (Å²) in [7, 11) is 0. The van der Waals surface area contributed by atoms with Crippen LogP contribution in [0.15, 0.2) is 60.8 Å². The molecule has 0 radical (unpaired) electrons. The van der Waals surface area contributed by atoms with Crippen LogP contribution < -0.4 is 5.32 Å². The average Bonchev–Trinajstić information content (AvgIpc) is 3.46. The van der Waals surface area contributed by atoms with Crippen molar-refractivity contribution in [3.8, 4) is 0 Å². The summed E-state index contributed by atoms with van der Waals surface area (Å²) in [6, 6.07) is 17.5. The molecule has 1 fully saturated rings. The van der Waals surface area contributed by atoms with E-state index in [4.69, 9.17) is 0 Å². The Morgan fingerprint density at radius 3 is 2.47 bits per heavy atom. The molecule has 0 aliphatic carbocycles. The minimum Gasteiger partial charge on any atom is -0.344 e. The summed E-state index contributed by atoms with van der Waals surface area (Å²) in [5.74, 6) is 0.294. The zero-order valence-electron chi connectivity index (χ0n) is 18.5. The summed E-state index contributed by atoms with van der Waals surface area (Å²) in [6.07, 6.45) is 1.50. The Labute approximate surface area is 188 Å². The Bertz CT molecular complexity index is 991. The maximum absolute atomic E-state index is 14.3. The second kappa shape index (κ2) is 10.0. The molecule has 2 aromatic carbocycles. The Morgan fingerprint density at radius 2 is 1.81 bits per heavy atom. The number of rotatable bonds is 8. The van der Waals surface area contributed by atoms with Gasteiger partial charge in [-0.25, -0.2) is 4.39 Å². The molecule has 0 bridgehead atoms. The van der Waals surface area contributed by atoms with Crippen LogP contribution in [0.5, 0.6) is 0 Å². The highest BCUT2D eigenvalue weighted by atomic mass is 19.1. The summed E-state index contributed by atoms with van der Waals surface area (Å²) in [5, 5.41) is 13.5. The molecule has 0 spiro atoms. The highest BCUT2D eigenvalue weighted by Crippen LogP contribution is 2.27. The molecule has 0 unspecified atom stereocenters. The molecule has 1 saturated heterocycles. The lowest BCUT2D eigenvalue weighted by molar-refractivity contribution is -0.126. The van der Waals surface area contributed by atoms with Crippen molar-refractivity contribution in [3.05, 3.63) is 83.2 Å². The van der Waals surface area contributed by atoms with Gasteiger partial charge in [0.05, 0.1) is 24.0 Å². The average molecular weight is 436 g/mol. The molecule has 168 valence electrons. The number of carbonyl (C=O) groups is 1. The van der Waals surface area contributed by atoms with Gasteiger partial charge in [0.2, 0.25) is 5.91 Å². The third-order valence-corrected chi connectivity index (χ3v) is 6.14. The number of benzene rings is 2. The molecule has 6 nitrogen and oxygen atoms in total. The highest BCUT2D eigenvalue weighted by molar-refractivity contribution is 5.83. The van der Waals surface area contributed by atoms with Gasteiger partial charge >= 0.3 is 0 Å². The molecule has 1 aliphatic heterocycles. The van der Waals surface area contributed by atoms with Crippen LogP contribution in [-0.4, -0.2) is 51.5 Å². The summed E-state index contributed by atoms with van der Waals surface area (Å²) in [6.45, 7) is 5.15. The molecular formula is C25H30FN5O. The van der Waals surface area contributed by atoms with Crippen molar-refractivity contribution in [1.82, 2.24) is 25.6 Å². The first-order chi connectivity index (χ1) is 15.5. The second-order valence-corrected chi connectivity index (χ2v) is 8.75. The number of amides is 1. The molecule has 3 atom stereocenters. The number of alkyl halides is 1. The molecule has 2 heterocycles. The van der Waals surface area contributed by atoms with Crippen LogP contribution in [0.1, 0.15) is 54.6 Å². The zero-order chi connectivity index (χ0) is 22.5. The fourth-order valence-electron chi connectivity index (χ4n) is 4.29. The van der Waals surface area contributed by atoms with E-state index in [0.717, 1.165) is 16.8 Å². The monoisotopic (exact) mass is 435 g/mol. The van der Waals surface area contributed by atoms with Gasteiger partial charge in [0, 0.05) is 25.9 Å². The molecule has 0 saturated carbocycles. The summed E-state index contributed by atoms with van der Waals surface area (Å²) in [5.41, 5.74) is 4.14. The van der Waals surface area contributed by atoms with Crippen LogP contribution in [0.3, 0.4) is 0 Å². The smallest absolute Gasteiger partial charge is 0.238 e. The number of likely N-dealkylation sites (tertiary alicyclic amines) is 1. The van der Waals surface area contributed by atoms with E-state index in [-0.39, 0.29) is 24.9 Å². The maximum atomic E-state index is 14.3. The van der Waals surface area contributed by atoms with Gasteiger partial charge in [0.25, 0.3) is 0 Å². The summed E-state index contributed by atoms with van der Waals surface area (Å²) in [4.78, 5) is 15.3. The van der Waals surface area contributed by atoms with Crippen molar-refractivity contribution < 1.29 is 9.18 Å². The van der Waals surface area contributed by atoms with Gasteiger partial charge in [-0.1, -0.05) is 73.7 Å². The fourth-order valence-corrected chi connectivity index (χ4v) is 4.29. The van der Waals surface area contributed by atoms with Crippen LogP contribution in [0.4, 0.5) is 4.39 Å². The third kappa shape index (κ3) is 5.22. The van der Waals surface area contributed by atoms with E-state index in [1.165, 1.54) is 5.56 Å². The Balaban J connectivity index is 1.52. The molecule has 32 heavy (non-hydrogen) atoms. The van der Waals surface area contributed by atoms with Crippen molar-refractivity contribution in [2.45, 2.75) is 50.9 Å². The summed E-state index contributed by atoms with van der Waals surface area (Å²) < 4.78 is 14.3. The molecule has 1 aliphatic rings. The normalized spacial score (nSPS) is 19.9. The van der Waals surface area contributed by atoms with Crippen molar-refractivity contribution >= 4 is 5.91 Å². The maximum Gasteiger partial charge on any atom is 0.238 e. The Kier molecular flexibility index (Phi) is 6.95. The molecule has 3 aromatic rings. The van der Waals surface area contributed by atoms with Gasteiger partial charge in [-0.05, 0) is 22.6 Å². The van der Waals surface area contributed by atoms with Crippen molar-refractivity contribution in [2.75, 3.05) is 13.1 Å². The van der Waals surface area contributed by atoms with E-state index < -0.39 is 12.2 Å². The predicted molar refractivity (Wildman–Crippen MR) is 122 cm³/mol. The number of H-pyrrole nitrogens is 1. The Morgan fingerprint density at radius 1 is 1.12 bits per heavy atom. The predicted octanol–water partition coefficient (Wildman–Crippen LogP) is 3.79. The summed E-state index contributed by atoms with van der Waals surface area (Å²) >= 11 is 0. The number of halogens is 1. The van der Waals surface area contributed by atoms with Crippen molar-refractivity contribution in [1.29, 1.82) is 0 Å². The molecule has 7 heteroatoms. The van der Waals surface area contributed by atoms with Crippen molar-refractivity contribution in [2.24, 2.45) is 0 Å². The molecule has 2 N–H and O–H groups in total. The van der Waals surface area contributed by atoms with Gasteiger partial charge in [-0.2, -0.15) is 0 Å². The van der Waals surface area contributed by atoms with Crippen LogP contribution >= 0.6 is 0 Å². The topological polar surface area (TPSA) is 73.9 Å². The minimum absolute atomic E-state index is 0.144. The lowest BCUT2D eigenvalue weighted by Crippen LogP contribution is -2.45. The van der Waals surface area contributed by atoms with Gasteiger partial charge in [-0.15, -0.1) is 5.10 Å². The van der Waals surface area contributed by atoms with Crippen LogP contribution in [0, 0.1) is 0 Å². The third-order valence-electron chi connectivity index (χ3n) is 6.14. The quantitative estimate of drug-likeness (QED) is 0.565. The SMILES string of the molecule is CC(C)c1ccc([C@@H](NC(=O)[C@@H]2C[C@@H](F)CN2CCc2cnn[nH]2)c2ccccc2)cc1. The molecule has 4 rings (SSSR count). The molecular weight excluding hydrogens is 405 g/mol. The van der Waals surface area contributed by atoms with Crippen LogP contribution in [-0.2, 0) is 11.2 Å². The minimum atomic E-state index is -1.01. The first kappa shape index (κ1) is 22.1. The van der Waals surface area contributed by atoms with E-state index in [1.807, 2.05) is 35.2 Å². The van der Waals surface area contributed by atoms with Gasteiger partial charge in [0.15, 0.2) is 0 Å². The van der Waals surface area contributed by atoms with E-state index in [2.05, 4.69) is 58.8 Å². The van der Waals surface area contributed by atoms with E-state index in [1.54, 1.807) is 6.20 Å². The molecule has 1 aromatic heterocycles. The van der Waals surface area contributed by atoms with Crippen LogP contribution in [0.25, 0.3) is 0 Å². The zero-order valence-corrected chi connectivity index (χ0v) is 18.5. The van der Waals surface area contributed by atoms with E-state index in [9.17, 15) is 9.18 Å². The lowest BCUT2D eigenvalue weighted by Gasteiger charge is -2.27. The number of carbonyl (C=O) groups excluding carboxylic acids is 1. The number of aromatic nitrogens is 3. The van der Waals surface area contributed by atoms with Crippen molar-refractivity contribution in [3.63, 3.8) is 0 Å². The Hall–Kier alpha value is -3.06. The number of nitrogens with zero attached hydrogens (tertiary/aromatic N) is 3. The van der Waals surface area contributed by atoms with E-state index in [0.29, 0.717) is 18.9 Å². The second-order valence-electron chi connectivity index (χ2n) is 8.75. The largest absolute Gasteiger partial charge is 0.344 e.